The van der Waals surface area contributed by atoms with E-state index in [0.29, 0.717) is 29.0 Å². The molecule has 4 rings (SSSR count). The van der Waals surface area contributed by atoms with Crippen LogP contribution in [-0.2, 0) is 17.1 Å². The molecule has 4 aromatic rings. The van der Waals surface area contributed by atoms with Crippen LogP contribution in [0.2, 0.25) is 0 Å². The maximum atomic E-state index is 11.8. The topological polar surface area (TPSA) is 169 Å². The zero-order valence-corrected chi connectivity index (χ0v) is 28.6. The number of hydrogen-bond donors (Lipinski definition) is 4. The summed E-state index contributed by atoms with van der Waals surface area (Å²) in [4.78, 5) is 23.6. The predicted molar refractivity (Wildman–Crippen MR) is 169 cm³/mol. The molecule has 0 bridgehead atoms. The zero-order chi connectivity index (χ0) is 30.8. The van der Waals surface area contributed by atoms with Crippen molar-refractivity contribution in [3.8, 4) is 23.0 Å². The first-order chi connectivity index (χ1) is 20.0. The molecule has 0 aliphatic rings. The van der Waals surface area contributed by atoms with Crippen molar-refractivity contribution in [3.63, 3.8) is 0 Å². The van der Waals surface area contributed by atoms with Gasteiger partial charge in [0.25, 0.3) is 11.8 Å². The maximum Gasteiger partial charge on any atom is 2.00 e. The van der Waals surface area contributed by atoms with Gasteiger partial charge in [0.05, 0.1) is 23.6 Å². The number of carbonyl (C=O) groups excluding carboxylic acids is 2. The van der Waals surface area contributed by atoms with E-state index in [4.69, 9.17) is 0 Å². The Hall–Kier alpha value is -3.20. The summed E-state index contributed by atoms with van der Waals surface area (Å²) in [7, 11) is 0. The Labute approximate surface area is 289 Å². The average Bonchev–Trinajstić information content (AvgIpc) is 2.94. The number of hydrogen-bond acceptors (Lipinski definition) is 8. The van der Waals surface area contributed by atoms with Crippen molar-refractivity contribution in [1.82, 2.24) is 10.9 Å². The molecule has 0 aromatic heterocycles. The van der Waals surface area contributed by atoms with Gasteiger partial charge in [0, 0.05) is 17.9 Å². The fourth-order valence-electron chi connectivity index (χ4n) is 3.12. The molecule has 0 saturated carbocycles. The Morgan fingerprint density at radius 1 is 0.651 bits per heavy atom. The summed E-state index contributed by atoms with van der Waals surface area (Å²) in [5, 5.41) is 50.1. The Morgan fingerprint density at radius 3 is 1.35 bits per heavy atom. The largest absolute Gasteiger partial charge is 2.00 e. The number of carbonyl (C=O) groups is 2. The van der Waals surface area contributed by atoms with E-state index in [1.54, 1.807) is 48.5 Å². The number of aromatic hydroxyl groups is 2. The van der Waals surface area contributed by atoms with Gasteiger partial charge in [-0.15, -0.1) is 0 Å². The van der Waals surface area contributed by atoms with Crippen LogP contribution in [0.4, 0.5) is 0 Å². The molecule has 0 saturated heterocycles. The number of halogens is 4. The third-order valence-corrected chi connectivity index (χ3v) is 7.20. The minimum absolute atomic E-state index is 0. The molecular formula is C28H18Br4CuN4O6. The van der Waals surface area contributed by atoms with Gasteiger partial charge in [0.15, 0.2) is 0 Å². The van der Waals surface area contributed by atoms with E-state index in [2.05, 4.69) is 84.8 Å². The molecule has 1 radical (unpaired) electrons. The normalized spacial score (nSPS) is 10.5. The van der Waals surface area contributed by atoms with Gasteiger partial charge in [-0.1, -0.05) is 99.5 Å². The van der Waals surface area contributed by atoms with Crippen molar-refractivity contribution in [3.05, 3.63) is 113 Å². The molecule has 43 heavy (non-hydrogen) atoms. The van der Waals surface area contributed by atoms with Crippen LogP contribution in [-0.4, -0.2) is 34.5 Å². The van der Waals surface area contributed by atoms with E-state index in [1.165, 1.54) is 36.7 Å². The molecule has 0 heterocycles. The smallest absolute Gasteiger partial charge is 0.871 e. The van der Waals surface area contributed by atoms with Crippen LogP contribution in [0, 0.1) is 0 Å². The van der Waals surface area contributed by atoms with Crippen molar-refractivity contribution in [2.24, 2.45) is 10.2 Å². The first-order valence-corrected chi connectivity index (χ1v) is 14.7. The first kappa shape index (κ1) is 36.0. The van der Waals surface area contributed by atoms with Crippen LogP contribution in [0.3, 0.4) is 0 Å². The van der Waals surface area contributed by atoms with Crippen molar-refractivity contribution in [1.29, 1.82) is 0 Å². The molecule has 0 fully saturated rings. The number of amides is 2. The van der Waals surface area contributed by atoms with Crippen LogP contribution in [0.5, 0.6) is 23.0 Å². The van der Waals surface area contributed by atoms with E-state index in [-0.39, 0.29) is 51.2 Å². The van der Waals surface area contributed by atoms with Gasteiger partial charge in [-0.05, 0) is 59.7 Å². The van der Waals surface area contributed by atoms with Crippen molar-refractivity contribution < 1.29 is 47.1 Å². The molecule has 10 nitrogen and oxygen atoms in total. The van der Waals surface area contributed by atoms with Crippen molar-refractivity contribution in [2.75, 3.05) is 0 Å². The number of nitrogens with one attached hydrogen (secondary N) is 2. The van der Waals surface area contributed by atoms with Gasteiger partial charge in [-0.2, -0.15) is 10.2 Å². The van der Waals surface area contributed by atoms with Crippen LogP contribution < -0.4 is 21.1 Å². The van der Waals surface area contributed by atoms with Crippen LogP contribution in [0.1, 0.15) is 31.8 Å². The average molecular weight is 890 g/mol. The van der Waals surface area contributed by atoms with Crippen molar-refractivity contribution in [2.45, 2.75) is 0 Å². The summed E-state index contributed by atoms with van der Waals surface area (Å²) in [6, 6.07) is 18.6. The zero-order valence-electron chi connectivity index (χ0n) is 21.3. The molecule has 0 atom stereocenters. The second-order valence-electron chi connectivity index (χ2n) is 8.04. The van der Waals surface area contributed by atoms with Gasteiger partial charge in [0.1, 0.15) is 11.5 Å². The summed E-state index contributed by atoms with van der Waals surface area (Å²) < 4.78 is 2.21. The minimum Gasteiger partial charge on any atom is -0.871 e. The second-order valence-corrected chi connectivity index (χ2v) is 11.6. The SMILES string of the molecule is O=C(NN=Cc1cc(Br)cc(Br)c1[O-])c1ccccc1O.O=C(NN=Cc1cc(Br)cc(Br)c1[O-])c1ccccc1O.[Cu+2]. The number of para-hydroxylation sites is 2. The van der Waals surface area contributed by atoms with E-state index in [0.717, 1.165) is 0 Å². The minimum atomic E-state index is -0.564. The monoisotopic (exact) mass is 885 g/mol. The standard InChI is InChI=1S/2C14H10Br2N2O3.Cu/c2*15-9-5-8(13(20)11(16)6-9)7-17-18-14(21)10-3-1-2-4-12(10)19;/h2*1-7,19-20H,(H,18,21);/q;;+2/p-2. The van der Waals surface area contributed by atoms with E-state index in [1.807, 2.05) is 0 Å². The summed E-state index contributed by atoms with van der Waals surface area (Å²) in [6.45, 7) is 0. The fraction of sp³-hybridized carbons (Fsp3) is 0. The molecule has 15 heteroatoms. The molecule has 2 amide bonds. The van der Waals surface area contributed by atoms with Gasteiger partial charge >= 0.3 is 17.1 Å². The van der Waals surface area contributed by atoms with Crippen LogP contribution in [0.15, 0.2) is 101 Å². The molecule has 4 N–H and O–H groups in total. The molecule has 4 aromatic carbocycles. The summed E-state index contributed by atoms with van der Waals surface area (Å²) >= 11 is 12.8. The molecule has 0 unspecified atom stereocenters. The molecule has 0 aliphatic heterocycles. The molecule has 0 spiro atoms. The van der Waals surface area contributed by atoms with Gasteiger partial charge < -0.3 is 20.4 Å². The number of hydrazone groups is 2. The van der Waals surface area contributed by atoms with E-state index < -0.39 is 11.8 Å². The Kier molecular flexibility index (Phi) is 14.4. The van der Waals surface area contributed by atoms with Gasteiger partial charge in [0.2, 0.25) is 0 Å². The molecule has 0 aliphatic carbocycles. The molecule has 225 valence electrons. The maximum absolute atomic E-state index is 11.8. The number of phenols is 2. The van der Waals surface area contributed by atoms with Gasteiger partial charge in [-0.25, -0.2) is 10.9 Å². The quantitative estimate of drug-likeness (QED) is 0.113. The summed E-state index contributed by atoms with van der Waals surface area (Å²) in [5.41, 5.74) is 5.35. The summed E-state index contributed by atoms with van der Waals surface area (Å²) in [5.74, 6) is -1.88. The number of benzene rings is 4. The van der Waals surface area contributed by atoms with Gasteiger partial charge in [-0.3, -0.25) is 9.59 Å². The van der Waals surface area contributed by atoms with E-state index >= 15 is 0 Å². The predicted octanol–water partition coefficient (Wildman–Crippen LogP) is 5.51. The fourth-order valence-corrected chi connectivity index (χ4v) is 5.64. The van der Waals surface area contributed by atoms with Crippen molar-refractivity contribution >= 4 is 88.0 Å². The third kappa shape index (κ3) is 10.5. The number of phenolic OH excluding ortho intramolecular Hbond substituents is 2. The third-order valence-electron chi connectivity index (χ3n) is 5.11. The summed E-state index contributed by atoms with van der Waals surface area (Å²) in [6.07, 6.45) is 2.49. The Morgan fingerprint density at radius 2 is 1.00 bits per heavy atom. The first-order valence-electron chi connectivity index (χ1n) is 11.5. The Bertz CT molecular complexity index is 1560. The van der Waals surface area contributed by atoms with E-state index in [9.17, 15) is 30.0 Å². The number of nitrogens with zero attached hydrogens (tertiary/aromatic N) is 2. The van der Waals surface area contributed by atoms with Crippen LogP contribution in [0.25, 0.3) is 0 Å². The molecular weight excluding hydrogens is 871 g/mol. The number of rotatable bonds is 6. The Balaban J connectivity index is 0.000000293. The second kappa shape index (κ2) is 17.2. The van der Waals surface area contributed by atoms with Crippen LogP contribution >= 0.6 is 63.7 Å².